The Kier molecular flexibility index (Phi) is 3.93. The number of nitrogens with zero attached hydrogens (tertiary/aromatic N) is 1. The highest BCUT2D eigenvalue weighted by atomic mass is 79.9. The van der Waals surface area contributed by atoms with Crippen molar-refractivity contribution in [2.75, 3.05) is 7.11 Å². The van der Waals surface area contributed by atoms with Gasteiger partial charge in [0.2, 0.25) is 0 Å². The number of rotatable bonds is 3. The van der Waals surface area contributed by atoms with Crippen LogP contribution in [0, 0.1) is 11.3 Å². The van der Waals surface area contributed by atoms with Crippen LogP contribution in [0.15, 0.2) is 22.7 Å². The first-order chi connectivity index (χ1) is 6.67. The van der Waals surface area contributed by atoms with E-state index in [9.17, 15) is 0 Å². The summed E-state index contributed by atoms with van der Waals surface area (Å²) in [6.07, 6.45) is 0.555. The first-order valence-electron chi connectivity index (χ1n) is 4.15. The van der Waals surface area contributed by atoms with E-state index in [1.807, 2.05) is 24.3 Å². The molecule has 0 saturated carbocycles. The first kappa shape index (κ1) is 11.0. The normalized spacial score (nSPS) is 11.9. The van der Waals surface area contributed by atoms with E-state index in [2.05, 4.69) is 15.9 Å². The van der Waals surface area contributed by atoms with Gasteiger partial charge in [-0.05, 0) is 33.6 Å². The number of hydrogen-bond acceptors (Lipinski definition) is 3. The summed E-state index contributed by atoms with van der Waals surface area (Å²) in [6, 6.07) is 7.21. The fourth-order valence-corrected chi connectivity index (χ4v) is 1.72. The lowest BCUT2D eigenvalue weighted by Gasteiger charge is -2.06. The summed E-state index contributed by atoms with van der Waals surface area (Å²) in [5.41, 5.74) is 6.54. The smallest absolute Gasteiger partial charge is 0.133 e. The fourth-order valence-electron chi connectivity index (χ4n) is 1.14. The van der Waals surface area contributed by atoms with Gasteiger partial charge in [-0.15, -0.1) is 0 Å². The van der Waals surface area contributed by atoms with Gasteiger partial charge in [-0.3, -0.25) is 0 Å². The molecule has 1 rings (SSSR count). The predicted molar refractivity (Wildman–Crippen MR) is 58.0 cm³/mol. The fraction of sp³-hybridized carbons (Fsp3) is 0.300. The molecule has 0 bridgehead atoms. The van der Waals surface area contributed by atoms with E-state index >= 15 is 0 Å². The maximum atomic E-state index is 8.55. The lowest BCUT2D eigenvalue weighted by Crippen LogP contribution is -2.19. The van der Waals surface area contributed by atoms with Crippen LogP contribution in [0.1, 0.15) is 5.56 Å². The summed E-state index contributed by atoms with van der Waals surface area (Å²) in [5, 5.41) is 8.55. The van der Waals surface area contributed by atoms with Crippen molar-refractivity contribution >= 4 is 15.9 Å². The number of nitriles is 1. The Balaban J connectivity index is 2.82. The molecule has 1 aromatic carbocycles. The molecule has 0 aliphatic carbocycles. The van der Waals surface area contributed by atoms with Gasteiger partial charge in [0.25, 0.3) is 0 Å². The average Bonchev–Trinajstić information content (AvgIpc) is 2.18. The third kappa shape index (κ3) is 2.72. The van der Waals surface area contributed by atoms with Gasteiger partial charge >= 0.3 is 0 Å². The monoisotopic (exact) mass is 254 g/mol. The SMILES string of the molecule is COc1ccc(C[C@H](N)C#N)cc1Br. The number of methoxy groups -OCH3 is 1. The Hall–Kier alpha value is -1.05. The largest absolute Gasteiger partial charge is 0.496 e. The Bertz CT molecular complexity index is 360. The van der Waals surface area contributed by atoms with E-state index in [0.29, 0.717) is 6.42 Å². The molecule has 0 aliphatic rings. The lowest BCUT2D eigenvalue weighted by molar-refractivity contribution is 0.412. The molecule has 0 aliphatic heterocycles. The summed E-state index contributed by atoms with van der Waals surface area (Å²) in [4.78, 5) is 0. The molecule has 2 N–H and O–H groups in total. The predicted octanol–water partition coefficient (Wildman–Crippen LogP) is 1.85. The van der Waals surface area contributed by atoms with Crippen LogP contribution < -0.4 is 10.5 Å². The molecule has 0 fully saturated rings. The van der Waals surface area contributed by atoms with Crippen molar-refractivity contribution < 1.29 is 4.74 Å². The first-order valence-corrected chi connectivity index (χ1v) is 4.94. The van der Waals surface area contributed by atoms with Crippen LogP contribution in [0.4, 0.5) is 0 Å². The van der Waals surface area contributed by atoms with Gasteiger partial charge in [0.15, 0.2) is 0 Å². The lowest BCUT2D eigenvalue weighted by atomic mass is 10.1. The number of ether oxygens (including phenoxy) is 1. The van der Waals surface area contributed by atoms with Crippen LogP contribution in [-0.2, 0) is 6.42 Å². The van der Waals surface area contributed by atoms with E-state index < -0.39 is 6.04 Å². The molecule has 14 heavy (non-hydrogen) atoms. The van der Waals surface area contributed by atoms with Gasteiger partial charge in [0, 0.05) is 6.42 Å². The molecule has 0 heterocycles. The van der Waals surface area contributed by atoms with E-state index in [4.69, 9.17) is 15.7 Å². The van der Waals surface area contributed by atoms with Crippen LogP contribution in [0.3, 0.4) is 0 Å². The van der Waals surface area contributed by atoms with Crippen LogP contribution in [-0.4, -0.2) is 13.2 Å². The Morgan fingerprint density at radius 1 is 1.64 bits per heavy atom. The topological polar surface area (TPSA) is 59.0 Å². The molecule has 0 saturated heterocycles. The van der Waals surface area contributed by atoms with Crippen molar-refractivity contribution in [3.63, 3.8) is 0 Å². The zero-order valence-electron chi connectivity index (χ0n) is 7.83. The summed E-state index contributed by atoms with van der Waals surface area (Å²) in [6.45, 7) is 0. The van der Waals surface area contributed by atoms with Crippen LogP contribution in [0.25, 0.3) is 0 Å². The van der Waals surface area contributed by atoms with Gasteiger partial charge in [0.05, 0.1) is 23.7 Å². The van der Waals surface area contributed by atoms with Crippen LogP contribution >= 0.6 is 15.9 Å². The second-order valence-electron chi connectivity index (χ2n) is 2.91. The minimum Gasteiger partial charge on any atom is -0.496 e. The van der Waals surface area contributed by atoms with Crippen molar-refractivity contribution in [2.45, 2.75) is 12.5 Å². The van der Waals surface area contributed by atoms with E-state index in [1.165, 1.54) is 0 Å². The Morgan fingerprint density at radius 2 is 2.36 bits per heavy atom. The number of benzene rings is 1. The van der Waals surface area contributed by atoms with E-state index in [-0.39, 0.29) is 0 Å². The quantitative estimate of drug-likeness (QED) is 0.896. The molecule has 4 heteroatoms. The van der Waals surface area contributed by atoms with Crippen molar-refractivity contribution in [3.05, 3.63) is 28.2 Å². The molecule has 3 nitrogen and oxygen atoms in total. The van der Waals surface area contributed by atoms with Crippen molar-refractivity contribution in [1.82, 2.24) is 0 Å². The van der Waals surface area contributed by atoms with Gasteiger partial charge in [-0.2, -0.15) is 5.26 Å². The van der Waals surface area contributed by atoms with Crippen molar-refractivity contribution in [1.29, 1.82) is 5.26 Å². The third-order valence-electron chi connectivity index (χ3n) is 1.84. The molecule has 0 amide bonds. The summed E-state index contributed by atoms with van der Waals surface area (Å²) < 4.78 is 5.97. The highest BCUT2D eigenvalue weighted by molar-refractivity contribution is 9.10. The number of nitrogens with two attached hydrogens (primary N) is 1. The summed E-state index contributed by atoms with van der Waals surface area (Å²) >= 11 is 3.37. The summed E-state index contributed by atoms with van der Waals surface area (Å²) in [5.74, 6) is 0.777. The minimum atomic E-state index is -0.449. The Labute approximate surface area is 91.6 Å². The zero-order chi connectivity index (χ0) is 10.6. The average molecular weight is 255 g/mol. The van der Waals surface area contributed by atoms with Crippen LogP contribution in [0.5, 0.6) is 5.75 Å². The van der Waals surface area contributed by atoms with Crippen molar-refractivity contribution in [3.8, 4) is 11.8 Å². The minimum absolute atomic E-state index is 0.449. The van der Waals surface area contributed by atoms with Gasteiger partial charge in [-0.1, -0.05) is 6.07 Å². The molecule has 0 aromatic heterocycles. The highest BCUT2D eigenvalue weighted by Crippen LogP contribution is 2.25. The maximum Gasteiger partial charge on any atom is 0.133 e. The molecule has 0 unspecified atom stereocenters. The second kappa shape index (κ2) is 4.99. The second-order valence-corrected chi connectivity index (χ2v) is 3.76. The molecule has 74 valence electrons. The molecular formula is C10H11BrN2O. The molecule has 1 atom stereocenters. The number of hydrogen-bond donors (Lipinski definition) is 1. The molecule has 0 spiro atoms. The van der Waals surface area contributed by atoms with Gasteiger partial charge in [0.1, 0.15) is 5.75 Å². The van der Waals surface area contributed by atoms with E-state index in [1.54, 1.807) is 7.11 Å². The standard InChI is InChI=1S/C10H11BrN2O/c1-14-10-3-2-7(5-9(10)11)4-8(13)6-12/h2-3,5,8H,4,13H2,1H3/t8-/m0/s1. The van der Waals surface area contributed by atoms with Gasteiger partial charge in [-0.25, -0.2) is 0 Å². The van der Waals surface area contributed by atoms with E-state index in [0.717, 1.165) is 15.8 Å². The molecule has 1 aromatic rings. The summed E-state index contributed by atoms with van der Waals surface area (Å²) in [7, 11) is 1.61. The van der Waals surface area contributed by atoms with Gasteiger partial charge < -0.3 is 10.5 Å². The zero-order valence-corrected chi connectivity index (χ0v) is 9.41. The van der Waals surface area contributed by atoms with Crippen molar-refractivity contribution in [2.24, 2.45) is 5.73 Å². The maximum absolute atomic E-state index is 8.55. The molecule has 0 radical (unpaired) electrons. The number of halogens is 1. The molecular weight excluding hydrogens is 244 g/mol. The Morgan fingerprint density at radius 3 is 2.86 bits per heavy atom. The third-order valence-corrected chi connectivity index (χ3v) is 2.46. The highest BCUT2D eigenvalue weighted by Gasteiger charge is 2.05. The van der Waals surface area contributed by atoms with Crippen LogP contribution in [0.2, 0.25) is 0 Å².